The molecule has 1 heterocycles. The third-order valence-electron chi connectivity index (χ3n) is 2.98. The Morgan fingerprint density at radius 3 is 2.83 bits per heavy atom. The predicted octanol–water partition coefficient (Wildman–Crippen LogP) is 3.21. The van der Waals surface area contributed by atoms with E-state index in [9.17, 15) is 0 Å². The number of nitrogens with one attached hydrogen (secondary N) is 1. The van der Waals surface area contributed by atoms with Crippen LogP contribution in [0.4, 0.5) is 0 Å². The van der Waals surface area contributed by atoms with Crippen LogP contribution < -0.4 is 5.32 Å². The molecule has 4 heteroatoms. The van der Waals surface area contributed by atoms with Gasteiger partial charge in [0.25, 0.3) is 0 Å². The number of benzene rings is 1. The lowest BCUT2D eigenvalue weighted by Crippen LogP contribution is -2.22. The van der Waals surface area contributed by atoms with Crippen molar-refractivity contribution in [1.82, 2.24) is 14.9 Å². The maximum atomic E-state index is 4.52. The van der Waals surface area contributed by atoms with E-state index in [0.29, 0.717) is 0 Å². The van der Waals surface area contributed by atoms with E-state index < -0.39 is 0 Å². The van der Waals surface area contributed by atoms with Gasteiger partial charge in [-0.15, -0.1) is 0 Å². The van der Waals surface area contributed by atoms with Gasteiger partial charge in [-0.1, -0.05) is 25.1 Å². The van der Waals surface area contributed by atoms with Gasteiger partial charge in [-0.05, 0) is 47.7 Å². The number of imidazole rings is 1. The van der Waals surface area contributed by atoms with Crippen LogP contribution in [0.3, 0.4) is 0 Å². The predicted molar refractivity (Wildman–Crippen MR) is 82.6 cm³/mol. The average molecular weight is 355 g/mol. The van der Waals surface area contributed by atoms with Crippen molar-refractivity contribution in [3.05, 3.63) is 51.6 Å². The van der Waals surface area contributed by atoms with E-state index in [1.807, 2.05) is 13.2 Å². The van der Waals surface area contributed by atoms with Crippen molar-refractivity contribution < 1.29 is 0 Å². The van der Waals surface area contributed by atoms with Gasteiger partial charge in [0.15, 0.2) is 0 Å². The summed E-state index contributed by atoms with van der Waals surface area (Å²) in [5.41, 5.74) is 1.28. The first-order valence-electron chi connectivity index (χ1n) is 6.20. The molecule has 2 aromatic rings. The van der Waals surface area contributed by atoms with E-state index in [-0.39, 0.29) is 6.04 Å². The number of aryl methyl sites for hydroxylation is 1. The van der Waals surface area contributed by atoms with Crippen LogP contribution in [0.1, 0.15) is 30.8 Å². The van der Waals surface area contributed by atoms with Crippen LogP contribution in [-0.4, -0.2) is 16.6 Å². The minimum atomic E-state index is 0.152. The molecule has 1 N–H and O–H groups in total. The molecule has 0 bridgehead atoms. The summed E-state index contributed by atoms with van der Waals surface area (Å²) in [6, 6.07) is 8.59. The molecular weight excluding hydrogens is 337 g/mol. The number of halogens is 1. The first-order chi connectivity index (χ1) is 8.77. The molecule has 3 nitrogen and oxygen atoms in total. The molecule has 0 aliphatic carbocycles. The summed E-state index contributed by atoms with van der Waals surface area (Å²) in [5, 5.41) is 3.37. The first-order valence-corrected chi connectivity index (χ1v) is 7.28. The summed E-state index contributed by atoms with van der Waals surface area (Å²) < 4.78 is 3.49. The van der Waals surface area contributed by atoms with E-state index >= 15 is 0 Å². The summed E-state index contributed by atoms with van der Waals surface area (Å²) in [6.07, 6.45) is 5.05. The molecule has 0 fully saturated rings. The second-order valence-electron chi connectivity index (χ2n) is 4.22. The van der Waals surface area contributed by atoms with Gasteiger partial charge in [0, 0.05) is 22.5 Å². The van der Waals surface area contributed by atoms with Gasteiger partial charge >= 0.3 is 0 Å². The zero-order chi connectivity index (χ0) is 13.0. The minimum absolute atomic E-state index is 0.152. The highest BCUT2D eigenvalue weighted by Crippen LogP contribution is 2.25. The molecule has 0 spiro atoms. The van der Waals surface area contributed by atoms with Crippen molar-refractivity contribution in [1.29, 1.82) is 0 Å². The Labute approximate surface area is 122 Å². The smallest absolute Gasteiger partial charge is 0.130 e. The van der Waals surface area contributed by atoms with Crippen molar-refractivity contribution >= 4 is 22.6 Å². The fraction of sp³-hybridized carbons (Fsp3) is 0.357. The number of aromatic nitrogens is 2. The Kier molecular flexibility index (Phi) is 4.77. The maximum absolute atomic E-state index is 4.52. The number of nitrogens with zero attached hydrogens (tertiary/aromatic N) is 2. The van der Waals surface area contributed by atoms with Crippen molar-refractivity contribution in [2.24, 2.45) is 0 Å². The lowest BCUT2D eigenvalue weighted by molar-refractivity contribution is 0.567. The topological polar surface area (TPSA) is 29.9 Å². The summed E-state index contributed by atoms with van der Waals surface area (Å²) >= 11 is 2.38. The number of hydrogen-bond acceptors (Lipinski definition) is 2. The lowest BCUT2D eigenvalue weighted by Gasteiger charge is -2.19. The Morgan fingerprint density at radius 1 is 1.39 bits per heavy atom. The van der Waals surface area contributed by atoms with Crippen LogP contribution in [-0.2, 0) is 6.54 Å². The number of hydrogen-bond donors (Lipinski definition) is 1. The fourth-order valence-corrected chi connectivity index (χ4v) is 2.84. The molecule has 0 amide bonds. The summed E-state index contributed by atoms with van der Waals surface area (Å²) in [4.78, 5) is 4.52. The monoisotopic (exact) mass is 355 g/mol. The highest BCUT2D eigenvalue weighted by molar-refractivity contribution is 14.1. The van der Waals surface area contributed by atoms with E-state index in [4.69, 9.17) is 0 Å². The molecule has 1 aromatic heterocycles. The second-order valence-corrected chi connectivity index (χ2v) is 5.38. The molecule has 18 heavy (non-hydrogen) atoms. The van der Waals surface area contributed by atoms with E-state index in [1.165, 1.54) is 9.13 Å². The van der Waals surface area contributed by atoms with Gasteiger partial charge in [-0.25, -0.2) is 4.98 Å². The van der Waals surface area contributed by atoms with Crippen molar-refractivity contribution in [2.75, 3.05) is 7.05 Å². The molecule has 96 valence electrons. The van der Waals surface area contributed by atoms with Gasteiger partial charge in [-0.2, -0.15) is 0 Å². The average Bonchev–Trinajstić information content (AvgIpc) is 2.82. The molecule has 0 saturated carbocycles. The molecule has 1 unspecified atom stereocenters. The number of rotatable bonds is 5. The third kappa shape index (κ3) is 2.75. The standard InChI is InChI=1S/C14H18IN3/c1-3-9-18-10-8-17-14(18)13(16-2)11-6-4-5-7-12(11)15/h4-8,10,13,16H,3,9H2,1-2H3. The quantitative estimate of drug-likeness (QED) is 0.835. The van der Waals surface area contributed by atoms with Crippen LogP contribution in [0.2, 0.25) is 0 Å². The second kappa shape index (κ2) is 6.33. The van der Waals surface area contributed by atoms with Crippen LogP contribution in [0, 0.1) is 3.57 Å². The minimum Gasteiger partial charge on any atom is -0.333 e. The van der Waals surface area contributed by atoms with Crippen LogP contribution in [0.15, 0.2) is 36.7 Å². The normalized spacial score (nSPS) is 12.6. The zero-order valence-electron chi connectivity index (χ0n) is 10.7. The largest absolute Gasteiger partial charge is 0.333 e. The molecule has 0 radical (unpaired) electrons. The molecule has 0 aliphatic rings. The molecule has 2 rings (SSSR count). The molecule has 0 saturated heterocycles. The maximum Gasteiger partial charge on any atom is 0.130 e. The Balaban J connectivity index is 2.39. The fourth-order valence-electron chi connectivity index (χ4n) is 2.14. The Morgan fingerprint density at radius 2 is 2.17 bits per heavy atom. The Bertz CT molecular complexity index is 507. The van der Waals surface area contributed by atoms with Crippen LogP contribution in [0.25, 0.3) is 0 Å². The van der Waals surface area contributed by atoms with Gasteiger partial charge < -0.3 is 9.88 Å². The van der Waals surface area contributed by atoms with Crippen molar-refractivity contribution in [3.8, 4) is 0 Å². The summed E-state index contributed by atoms with van der Waals surface area (Å²) in [5.74, 6) is 1.09. The summed E-state index contributed by atoms with van der Waals surface area (Å²) in [6.45, 7) is 3.20. The van der Waals surface area contributed by atoms with Crippen molar-refractivity contribution in [3.63, 3.8) is 0 Å². The lowest BCUT2D eigenvalue weighted by atomic mass is 10.1. The highest BCUT2D eigenvalue weighted by atomic mass is 127. The van der Waals surface area contributed by atoms with Gasteiger partial charge in [0.1, 0.15) is 5.82 Å². The van der Waals surface area contributed by atoms with E-state index in [1.54, 1.807) is 0 Å². The van der Waals surface area contributed by atoms with Crippen LogP contribution in [0.5, 0.6) is 0 Å². The van der Waals surface area contributed by atoms with Gasteiger partial charge in [-0.3, -0.25) is 0 Å². The highest BCUT2D eigenvalue weighted by Gasteiger charge is 2.18. The molecule has 1 atom stereocenters. The van der Waals surface area contributed by atoms with Crippen molar-refractivity contribution in [2.45, 2.75) is 25.9 Å². The zero-order valence-corrected chi connectivity index (χ0v) is 12.9. The first kappa shape index (κ1) is 13.5. The molecule has 1 aromatic carbocycles. The Hall–Kier alpha value is -0.880. The third-order valence-corrected chi connectivity index (χ3v) is 3.96. The summed E-state index contributed by atoms with van der Waals surface area (Å²) in [7, 11) is 1.98. The van der Waals surface area contributed by atoms with Gasteiger partial charge in [0.05, 0.1) is 6.04 Å². The molecular formula is C14H18IN3. The van der Waals surface area contributed by atoms with Crippen LogP contribution >= 0.6 is 22.6 Å². The molecule has 0 aliphatic heterocycles. The van der Waals surface area contributed by atoms with E-state index in [0.717, 1.165) is 18.8 Å². The SMILES string of the molecule is CCCn1ccnc1C(NC)c1ccccc1I. The van der Waals surface area contributed by atoms with Gasteiger partial charge in [0.2, 0.25) is 0 Å². The van der Waals surface area contributed by atoms with E-state index in [2.05, 4.69) is 74.8 Å².